The molecule has 6 unspecified atom stereocenters. The lowest BCUT2D eigenvalue weighted by Gasteiger charge is -2.18. The van der Waals surface area contributed by atoms with Crippen LogP contribution in [0, 0.1) is 34.5 Å². The summed E-state index contributed by atoms with van der Waals surface area (Å²) in [6.45, 7) is 2.28. The largest absolute Gasteiger partial charge is 0.380 e. The first-order valence-corrected chi connectivity index (χ1v) is 4.98. The summed E-state index contributed by atoms with van der Waals surface area (Å²) in [5.41, 5.74) is 1.57. The molecule has 1 spiro atoms. The molecule has 0 aromatic heterocycles. The van der Waals surface area contributed by atoms with Crippen LogP contribution in [-0.2, 0) is 4.74 Å². The van der Waals surface area contributed by atoms with Crippen molar-refractivity contribution in [1.82, 2.24) is 0 Å². The van der Waals surface area contributed by atoms with Gasteiger partial charge in [-0.15, -0.1) is 0 Å². The molecule has 0 aromatic rings. The van der Waals surface area contributed by atoms with E-state index in [-0.39, 0.29) is 0 Å². The Kier molecular flexibility index (Phi) is 0.421. The normalized spacial score (nSPS) is 85.1. The topological polar surface area (TPSA) is 9.23 Å². The zero-order valence-electron chi connectivity index (χ0n) is 6.55. The molecule has 1 saturated heterocycles. The van der Waals surface area contributed by atoms with Crippen LogP contribution in [0.15, 0.2) is 0 Å². The third-order valence-corrected chi connectivity index (χ3v) is 5.87. The minimum atomic E-state index is 0.775. The Balaban J connectivity index is 1.87. The summed E-state index contributed by atoms with van der Waals surface area (Å²) in [6, 6.07) is 0. The maximum Gasteiger partial charge on any atom is 0.0534 e. The molecule has 58 valence electrons. The summed E-state index contributed by atoms with van der Waals surface area (Å²) in [4.78, 5) is 0. The highest BCUT2D eigenvalue weighted by Crippen LogP contribution is 2.98. The van der Waals surface area contributed by atoms with E-state index in [4.69, 9.17) is 4.74 Å². The van der Waals surface area contributed by atoms with Gasteiger partial charge in [0.2, 0.25) is 0 Å². The molecular weight excluding hydrogens is 136 g/mol. The van der Waals surface area contributed by atoms with Crippen molar-refractivity contribution in [2.75, 3.05) is 13.2 Å². The first-order valence-electron chi connectivity index (χ1n) is 4.98. The number of rotatable bonds is 0. The quantitative estimate of drug-likeness (QED) is 0.503. The van der Waals surface area contributed by atoms with Gasteiger partial charge in [-0.1, -0.05) is 0 Å². The Bertz CT molecular complexity index is 283. The summed E-state index contributed by atoms with van der Waals surface area (Å²) < 4.78 is 5.65. The van der Waals surface area contributed by atoms with Crippen molar-refractivity contribution < 1.29 is 4.74 Å². The second-order valence-corrected chi connectivity index (χ2v) is 5.54. The van der Waals surface area contributed by atoms with Crippen LogP contribution in [0.5, 0.6) is 0 Å². The van der Waals surface area contributed by atoms with Gasteiger partial charge in [0.1, 0.15) is 0 Å². The summed E-state index contributed by atoms with van der Waals surface area (Å²) in [6.07, 6.45) is 3.16. The number of hydrogen-bond donors (Lipinski definition) is 0. The molecule has 11 heavy (non-hydrogen) atoms. The van der Waals surface area contributed by atoms with E-state index in [1.807, 2.05) is 0 Å². The van der Waals surface area contributed by atoms with Gasteiger partial charge in [0.05, 0.1) is 13.2 Å². The Labute approximate surface area is 66.1 Å². The molecule has 5 rings (SSSR count). The maximum absolute atomic E-state index is 5.65. The van der Waals surface area contributed by atoms with E-state index in [1.165, 1.54) is 11.8 Å². The molecule has 5 fully saturated rings. The highest BCUT2D eigenvalue weighted by Gasteiger charge is 2.96. The van der Waals surface area contributed by atoms with Crippen LogP contribution < -0.4 is 0 Å². The molecule has 1 heteroatoms. The minimum Gasteiger partial charge on any atom is -0.380 e. The fraction of sp³-hybridized carbons (Fsp3) is 1.00. The fourth-order valence-electron chi connectivity index (χ4n) is 5.66. The van der Waals surface area contributed by atoms with Gasteiger partial charge in [-0.3, -0.25) is 0 Å². The predicted molar refractivity (Wildman–Crippen MR) is 38.9 cm³/mol. The maximum atomic E-state index is 5.65. The molecule has 4 saturated carbocycles. The number of ether oxygens (including phenoxy) is 1. The summed E-state index contributed by atoms with van der Waals surface area (Å²) in [5.74, 6) is 4.67. The average molecular weight is 148 g/mol. The molecule has 5 aliphatic rings. The lowest BCUT2D eigenvalue weighted by molar-refractivity contribution is 0.0978. The predicted octanol–water partition coefficient (Wildman–Crippen LogP) is 1.29. The monoisotopic (exact) mass is 148 g/mol. The average Bonchev–Trinajstić information content (AvgIpc) is 2.66. The van der Waals surface area contributed by atoms with E-state index < -0.39 is 0 Å². The van der Waals surface area contributed by atoms with Crippen LogP contribution in [0.3, 0.4) is 0 Å². The molecular formula is C10H12O. The van der Waals surface area contributed by atoms with E-state index in [0.29, 0.717) is 0 Å². The SMILES string of the molecule is C1C2C3CC45COCC4(C23)C15. The third kappa shape index (κ3) is 0.234. The molecule has 6 atom stereocenters. The second-order valence-electron chi connectivity index (χ2n) is 5.54. The number of hydrogen-bond acceptors (Lipinski definition) is 1. The molecule has 1 heterocycles. The molecule has 1 nitrogen and oxygen atoms in total. The Hall–Kier alpha value is -0.0400. The zero-order valence-corrected chi connectivity index (χ0v) is 6.55. The smallest absolute Gasteiger partial charge is 0.0534 e. The zero-order chi connectivity index (χ0) is 6.84. The molecule has 0 N–H and O–H groups in total. The molecule has 0 bridgehead atoms. The highest BCUT2D eigenvalue weighted by molar-refractivity contribution is 5.42. The van der Waals surface area contributed by atoms with Crippen LogP contribution in [0.25, 0.3) is 0 Å². The Morgan fingerprint density at radius 2 is 2.18 bits per heavy atom. The van der Waals surface area contributed by atoms with E-state index in [9.17, 15) is 0 Å². The number of fused-ring (bicyclic) bond motifs is 1. The Morgan fingerprint density at radius 3 is 2.91 bits per heavy atom. The van der Waals surface area contributed by atoms with E-state index >= 15 is 0 Å². The van der Waals surface area contributed by atoms with Crippen LogP contribution in [0.2, 0.25) is 0 Å². The Morgan fingerprint density at radius 1 is 1.18 bits per heavy atom. The highest BCUT2D eigenvalue weighted by atomic mass is 16.5. The van der Waals surface area contributed by atoms with Gasteiger partial charge in [-0.2, -0.15) is 0 Å². The van der Waals surface area contributed by atoms with Crippen LogP contribution in [0.4, 0.5) is 0 Å². The standard InChI is InChI=1S/C10H12O/c1-5-6-2-9-3-11-4-10(9,7(1)9)8(5)6/h5-8H,1-4H2. The van der Waals surface area contributed by atoms with Crippen molar-refractivity contribution in [2.24, 2.45) is 34.5 Å². The minimum absolute atomic E-state index is 0.775. The molecule has 0 radical (unpaired) electrons. The fourth-order valence-corrected chi connectivity index (χ4v) is 5.66. The molecule has 4 aliphatic carbocycles. The lowest BCUT2D eigenvalue weighted by Crippen LogP contribution is -2.15. The van der Waals surface area contributed by atoms with Crippen molar-refractivity contribution >= 4 is 0 Å². The van der Waals surface area contributed by atoms with E-state index in [1.54, 1.807) is 12.8 Å². The van der Waals surface area contributed by atoms with Gasteiger partial charge < -0.3 is 4.74 Å². The first-order chi connectivity index (χ1) is 5.40. The van der Waals surface area contributed by atoms with Gasteiger partial charge in [0, 0.05) is 10.8 Å². The van der Waals surface area contributed by atoms with Crippen molar-refractivity contribution in [3.63, 3.8) is 0 Å². The molecule has 0 amide bonds. The summed E-state index contributed by atoms with van der Waals surface area (Å²) >= 11 is 0. The van der Waals surface area contributed by atoms with E-state index in [0.717, 1.165) is 35.9 Å². The lowest BCUT2D eigenvalue weighted by atomic mass is 9.88. The third-order valence-electron chi connectivity index (χ3n) is 5.87. The van der Waals surface area contributed by atoms with Crippen LogP contribution >= 0.6 is 0 Å². The van der Waals surface area contributed by atoms with Crippen molar-refractivity contribution in [3.05, 3.63) is 0 Å². The van der Waals surface area contributed by atoms with Gasteiger partial charge in [-0.05, 0) is 36.5 Å². The van der Waals surface area contributed by atoms with Gasteiger partial charge in [0.25, 0.3) is 0 Å². The summed E-state index contributed by atoms with van der Waals surface area (Å²) in [7, 11) is 0. The van der Waals surface area contributed by atoms with Crippen LogP contribution in [0.1, 0.15) is 12.8 Å². The molecule has 1 aliphatic heterocycles. The van der Waals surface area contributed by atoms with Crippen molar-refractivity contribution in [3.8, 4) is 0 Å². The summed E-state index contributed by atoms with van der Waals surface area (Å²) in [5, 5.41) is 0. The van der Waals surface area contributed by atoms with E-state index in [2.05, 4.69) is 0 Å². The van der Waals surface area contributed by atoms with Crippen LogP contribution in [-0.4, -0.2) is 13.2 Å². The second kappa shape index (κ2) is 0.953. The van der Waals surface area contributed by atoms with Gasteiger partial charge in [-0.25, -0.2) is 0 Å². The van der Waals surface area contributed by atoms with Crippen molar-refractivity contribution in [1.29, 1.82) is 0 Å². The van der Waals surface area contributed by atoms with Gasteiger partial charge in [0.15, 0.2) is 0 Å². The van der Waals surface area contributed by atoms with Crippen molar-refractivity contribution in [2.45, 2.75) is 12.8 Å². The van der Waals surface area contributed by atoms with Gasteiger partial charge >= 0.3 is 0 Å². The first kappa shape index (κ1) is 4.86. The molecule has 0 aromatic carbocycles.